The Bertz CT molecular complexity index is 520. The van der Waals surface area contributed by atoms with Gasteiger partial charge in [-0.15, -0.1) is 0 Å². The van der Waals surface area contributed by atoms with Gasteiger partial charge in [0.2, 0.25) is 5.91 Å². The molecule has 122 valence electrons. The van der Waals surface area contributed by atoms with Crippen LogP contribution in [0.4, 0.5) is 0 Å². The minimum absolute atomic E-state index is 0.0848. The fourth-order valence-electron chi connectivity index (χ4n) is 5.20. The number of carboxylic acids is 1. The maximum Gasteiger partial charge on any atom is 0.307 e. The summed E-state index contributed by atoms with van der Waals surface area (Å²) < 4.78 is 0. The molecule has 1 heterocycles. The lowest BCUT2D eigenvalue weighted by molar-refractivity contribution is -0.154. The molecular weight excluding hydrogens is 278 g/mol. The third kappa shape index (κ3) is 2.27. The lowest BCUT2D eigenvalue weighted by Crippen LogP contribution is -2.49. The van der Waals surface area contributed by atoms with Crippen LogP contribution in [0, 0.1) is 23.7 Å². The zero-order valence-electron chi connectivity index (χ0n) is 13.8. The number of allylic oxidation sites excluding steroid dienone is 2. The highest BCUT2D eigenvalue weighted by atomic mass is 16.4. The summed E-state index contributed by atoms with van der Waals surface area (Å²) in [5.74, 6) is -1.27. The summed E-state index contributed by atoms with van der Waals surface area (Å²) >= 11 is 0. The number of piperidine rings is 1. The zero-order valence-corrected chi connectivity index (χ0v) is 13.8. The number of carboxylic acid groups (broad SMARTS) is 1. The molecule has 0 aromatic rings. The number of hydrogen-bond donors (Lipinski definition) is 1. The SMILES string of the molecule is CC(C)=C1[C@@H]2CC[C@@H]1[C@@H](C(=O)N1CCCC[C@@H]1C)[C@@H]2C(=O)O. The van der Waals surface area contributed by atoms with Gasteiger partial charge in [-0.1, -0.05) is 11.1 Å². The lowest BCUT2D eigenvalue weighted by Gasteiger charge is -2.38. The van der Waals surface area contributed by atoms with E-state index < -0.39 is 11.9 Å². The molecule has 22 heavy (non-hydrogen) atoms. The van der Waals surface area contributed by atoms with Crippen molar-refractivity contribution in [2.45, 2.75) is 58.9 Å². The Morgan fingerprint density at radius 1 is 1.05 bits per heavy atom. The van der Waals surface area contributed by atoms with Crippen LogP contribution in [0.2, 0.25) is 0 Å². The van der Waals surface area contributed by atoms with Crippen LogP contribution in [0.3, 0.4) is 0 Å². The Morgan fingerprint density at radius 2 is 1.68 bits per heavy atom. The molecule has 3 aliphatic rings. The summed E-state index contributed by atoms with van der Waals surface area (Å²) in [4.78, 5) is 26.9. The number of likely N-dealkylation sites (tertiary alicyclic amines) is 1. The van der Waals surface area contributed by atoms with Crippen molar-refractivity contribution in [3.63, 3.8) is 0 Å². The third-order valence-corrected chi connectivity index (χ3v) is 6.08. The Labute approximate surface area is 132 Å². The Kier molecular flexibility index (Phi) is 4.04. The van der Waals surface area contributed by atoms with Crippen molar-refractivity contribution in [1.29, 1.82) is 0 Å². The quantitative estimate of drug-likeness (QED) is 0.798. The van der Waals surface area contributed by atoms with E-state index in [1.54, 1.807) is 0 Å². The van der Waals surface area contributed by atoms with Crippen molar-refractivity contribution >= 4 is 11.9 Å². The molecule has 2 bridgehead atoms. The van der Waals surface area contributed by atoms with Gasteiger partial charge in [0.05, 0.1) is 11.8 Å². The van der Waals surface area contributed by atoms with Crippen molar-refractivity contribution in [2.24, 2.45) is 23.7 Å². The average molecular weight is 305 g/mol. The van der Waals surface area contributed by atoms with E-state index in [1.807, 2.05) is 4.90 Å². The molecule has 2 aliphatic carbocycles. The van der Waals surface area contributed by atoms with Gasteiger partial charge in [0.15, 0.2) is 0 Å². The monoisotopic (exact) mass is 305 g/mol. The minimum Gasteiger partial charge on any atom is -0.481 e. The molecule has 1 amide bonds. The maximum absolute atomic E-state index is 13.1. The summed E-state index contributed by atoms with van der Waals surface area (Å²) in [6, 6.07) is 0.255. The largest absolute Gasteiger partial charge is 0.481 e. The molecule has 1 N–H and O–H groups in total. The van der Waals surface area contributed by atoms with Crippen LogP contribution in [-0.2, 0) is 9.59 Å². The summed E-state index contributed by atoms with van der Waals surface area (Å²) in [5.41, 5.74) is 2.50. The molecule has 3 rings (SSSR count). The molecule has 2 saturated carbocycles. The molecular formula is C18H27NO3. The molecule has 4 nitrogen and oxygen atoms in total. The highest BCUT2D eigenvalue weighted by Crippen LogP contribution is 2.57. The molecule has 1 aliphatic heterocycles. The predicted octanol–water partition coefficient (Wildman–Crippen LogP) is 3.08. The number of fused-ring (bicyclic) bond motifs is 2. The van der Waals surface area contributed by atoms with E-state index in [-0.39, 0.29) is 29.7 Å². The molecule has 0 aromatic heterocycles. The summed E-state index contributed by atoms with van der Waals surface area (Å²) in [6.45, 7) is 7.03. The number of hydrogen-bond acceptors (Lipinski definition) is 2. The van der Waals surface area contributed by atoms with Crippen LogP contribution in [0.25, 0.3) is 0 Å². The second-order valence-corrected chi connectivity index (χ2v) is 7.51. The predicted molar refractivity (Wildman–Crippen MR) is 84.2 cm³/mol. The summed E-state index contributed by atoms with van der Waals surface area (Å²) in [5, 5.41) is 9.73. The van der Waals surface area contributed by atoms with Gasteiger partial charge >= 0.3 is 5.97 Å². The fourth-order valence-corrected chi connectivity index (χ4v) is 5.20. The van der Waals surface area contributed by atoms with Crippen molar-refractivity contribution < 1.29 is 14.7 Å². The molecule has 0 aromatic carbocycles. The number of carbonyl (C=O) groups excluding carboxylic acids is 1. The van der Waals surface area contributed by atoms with Crippen molar-refractivity contribution in [2.75, 3.05) is 6.54 Å². The van der Waals surface area contributed by atoms with E-state index in [1.165, 1.54) is 17.6 Å². The van der Waals surface area contributed by atoms with E-state index in [2.05, 4.69) is 20.8 Å². The first-order chi connectivity index (χ1) is 10.4. The zero-order chi connectivity index (χ0) is 16.0. The number of carbonyl (C=O) groups is 2. The van der Waals surface area contributed by atoms with E-state index in [0.717, 1.165) is 32.2 Å². The highest BCUT2D eigenvalue weighted by Gasteiger charge is 2.58. The second-order valence-electron chi connectivity index (χ2n) is 7.51. The van der Waals surface area contributed by atoms with Gasteiger partial charge < -0.3 is 10.0 Å². The van der Waals surface area contributed by atoms with Gasteiger partial charge in [-0.3, -0.25) is 9.59 Å². The topological polar surface area (TPSA) is 57.6 Å². The standard InChI is InChI=1S/C18H27NO3/c1-10(2)14-12-7-8-13(14)16(18(21)22)15(12)17(20)19-9-5-4-6-11(19)3/h11-13,15-16H,4-9H2,1-3H3,(H,21,22)/t11-,12-,13-,15+,16+/m0/s1. The van der Waals surface area contributed by atoms with Crippen LogP contribution in [0.5, 0.6) is 0 Å². The normalized spacial score (nSPS) is 37.5. The second kappa shape index (κ2) is 5.71. The van der Waals surface area contributed by atoms with Crippen LogP contribution < -0.4 is 0 Å². The Morgan fingerprint density at radius 3 is 2.23 bits per heavy atom. The van der Waals surface area contributed by atoms with E-state index in [4.69, 9.17) is 0 Å². The van der Waals surface area contributed by atoms with Crippen LogP contribution >= 0.6 is 0 Å². The van der Waals surface area contributed by atoms with Crippen LogP contribution in [0.1, 0.15) is 52.9 Å². The lowest BCUT2D eigenvalue weighted by atomic mass is 9.78. The third-order valence-electron chi connectivity index (χ3n) is 6.08. The average Bonchev–Trinajstić information content (AvgIpc) is 3.02. The van der Waals surface area contributed by atoms with E-state index in [0.29, 0.717) is 0 Å². The molecule has 3 fully saturated rings. The first-order valence-electron chi connectivity index (χ1n) is 8.64. The summed E-state index contributed by atoms with van der Waals surface area (Å²) in [6.07, 6.45) is 5.17. The van der Waals surface area contributed by atoms with E-state index in [9.17, 15) is 14.7 Å². The van der Waals surface area contributed by atoms with E-state index >= 15 is 0 Å². The van der Waals surface area contributed by atoms with Gasteiger partial charge in [-0.05, 0) is 64.7 Å². The van der Waals surface area contributed by atoms with Crippen LogP contribution in [-0.4, -0.2) is 34.5 Å². The number of rotatable bonds is 2. The van der Waals surface area contributed by atoms with Gasteiger partial charge in [0, 0.05) is 12.6 Å². The molecule has 0 radical (unpaired) electrons. The van der Waals surface area contributed by atoms with Gasteiger partial charge in [-0.25, -0.2) is 0 Å². The number of nitrogens with zero attached hydrogens (tertiary/aromatic N) is 1. The van der Waals surface area contributed by atoms with Crippen molar-refractivity contribution in [3.05, 3.63) is 11.1 Å². The highest BCUT2D eigenvalue weighted by molar-refractivity contribution is 5.88. The van der Waals surface area contributed by atoms with Crippen LogP contribution in [0.15, 0.2) is 11.1 Å². The fraction of sp³-hybridized carbons (Fsp3) is 0.778. The van der Waals surface area contributed by atoms with Gasteiger partial charge in [0.1, 0.15) is 0 Å². The first kappa shape index (κ1) is 15.6. The molecule has 5 atom stereocenters. The summed E-state index contributed by atoms with van der Waals surface area (Å²) in [7, 11) is 0. The van der Waals surface area contributed by atoms with Crippen molar-refractivity contribution in [3.8, 4) is 0 Å². The Hall–Kier alpha value is -1.32. The van der Waals surface area contributed by atoms with Gasteiger partial charge in [0.25, 0.3) is 0 Å². The molecule has 0 spiro atoms. The number of amides is 1. The molecule has 1 saturated heterocycles. The Balaban J connectivity index is 1.93. The molecule has 0 unspecified atom stereocenters. The smallest absolute Gasteiger partial charge is 0.307 e. The molecule has 4 heteroatoms. The number of aliphatic carboxylic acids is 1. The first-order valence-corrected chi connectivity index (χ1v) is 8.64. The minimum atomic E-state index is -0.783. The van der Waals surface area contributed by atoms with Gasteiger partial charge in [-0.2, -0.15) is 0 Å². The van der Waals surface area contributed by atoms with Crippen molar-refractivity contribution in [1.82, 2.24) is 4.90 Å². The maximum atomic E-state index is 13.1.